The zero-order valence-electron chi connectivity index (χ0n) is 16.5. The minimum Gasteiger partial charge on any atom is -0.383 e. The number of rotatable bonds is 4. The van der Waals surface area contributed by atoms with Crippen LogP contribution in [0.15, 0.2) is 62.1 Å². The van der Waals surface area contributed by atoms with E-state index in [-0.39, 0.29) is 11.7 Å². The molecule has 0 bridgehead atoms. The SMILES string of the molecule is C=CC(=O)C[C@H]1CC(=C)c2c(-c3cnc4ccccc4c3)c3c(N)ncnc3n2C1. The van der Waals surface area contributed by atoms with Crippen LogP contribution in [-0.2, 0) is 11.3 Å². The Morgan fingerprint density at radius 3 is 2.93 bits per heavy atom. The Hall–Kier alpha value is -3.80. The summed E-state index contributed by atoms with van der Waals surface area (Å²) in [6, 6.07) is 10.1. The molecule has 0 amide bonds. The Morgan fingerprint density at radius 2 is 2.10 bits per heavy atom. The highest BCUT2D eigenvalue weighted by atomic mass is 16.1. The Labute approximate surface area is 173 Å². The first-order valence-corrected chi connectivity index (χ1v) is 9.88. The normalized spacial score (nSPS) is 16.0. The average Bonchev–Trinajstić information content (AvgIpc) is 3.09. The third-order valence-electron chi connectivity index (χ3n) is 5.78. The molecule has 1 aliphatic heterocycles. The van der Waals surface area contributed by atoms with Gasteiger partial charge in [-0.3, -0.25) is 9.78 Å². The van der Waals surface area contributed by atoms with Crippen LogP contribution in [0.1, 0.15) is 18.5 Å². The summed E-state index contributed by atoms with van der Waals surface area (Å²) in [7, 11) is 0. The number of pyridine rings is 1. The molecule has 0 spiro atoms. The van der Waals surface area contributed by atoms with Crippen LogP contribution in [0.25, 0.3) is 38.6 Å². The van der Waals surface area contributed by atoms with Gasteiger partial charge in [0, 0.05) is 35.7 Å². The summed E-state index contributed by atoms with van der Waals surface area (Å²) in [5.41, 5.74) is 11.9. The fourth-order valence-electron chi connectivity index (χ4n) is 4.50. The number of carbonyl (C=O) groups is 1. The van der Waals surface area contributed by atoms with Crippen LogP contribution in [-0.4, -0.2) is 25.3 Å². The number of ketones is 1. The van der Waals surface area contributed by atoms with Crippen LogP contribution in [0, 0.1) is 5.92 Å². The van der Waals surface area contributed by atoms with E-state index in [4.69, 9.17) is 5.73 Å². The molecule has 1 aliphatic rings. The van der Waals surface area contributed by atoms with Crippen LogP contribution < -0.4 is 5.73 Å². The lowest BCUT2D eigenvalue weighted by molar-refractivity contribution is -0.115. The van der Waals surface area contributed by atoms with Crippen molar-refractivity contribution in [3.8, 4) is 11.1 Å². The van der Waals surface area contributed by atoms with E-state index in [1.165, 1.54) is 12.4 Å². The molecule has 148 valence electrons. The molecule has 5 rings (SSSR count). The van der Waals surface area contributed by atoms with Gasteiger partial charge >= 0.3 is 0 Å². The molecule has 0 fully saturated rings. The van der Waals surface area contributed by atoms with Gasteiger partial charge in [0.2, 0.25) is 0 Å². The van der Waals surface area contributed by atoms with Crippen molar-refractivity contribution in [2.75, 3.05) is 5.73 Å². The standard InChI is InChI=1S/C24H21N5O/c1-3-18(30)9-15-8-14(2)22-20(17-10-16-6-4-5-7-19(16)26-11-17)21-23(25)27-13-28-24(21)29(22)12-15/h3-7,10-11,13,15H,1-2,8-9,12H2,(H2,25,27,28)/t15-/m1/s1. The third-order valence-corrected chi connectivity index (χ3v) is 5.78. The zero-order chi connectivity index (χ0) is 20.8. The smallest absolute Gasteiger partial charge is 0.155 e. The second-order valence-corrected chi connectivity index (χ2v) is 7.76. The molecule has 4 heterocycles. The molecular weight excluding hydrogens is 374 g/mol. The van der Waals surface area contributed by atoms with Gasteiger partial charge in [0.1, 0.15) is 17.8 Å². The number of anilines is 1. The van der Waals surface area contributed by atoms with E-state index in [2.05, 4.69) is 38.7 Å². The number of fused-ring (bicyclic) bond motifs is 4. The van der Waals surface area contributed by atoms with E-state index in [0.717, 1.165) is 50.8 Å². The zero-order valence-corrected chi connectivity index (χ0v) is 16.5. The lowest BCUT2D eigenvalue weighted by Crippen LogP contribution is -2.21. The van der Waals surface area contributed by atoms with E-state index in [1.807, 2.05) is 30.5 Å². The monoisotopic (exact) mass is 395 g/mol. The summed E-state index contributed by atoms with van der Waals surface area (Å²) in [5, 5.41) is 1.86. The molecule has 30 heavy (non-hydrogen) atoms. The van der Waals surface area contributed by atoms with Crippen molar-refractivity contribution in [2.24, 2.45) is 5.92 Å². The van der Waals surface area contributed by atoms with Gasteiger partial charge < -0.3 is 10.3 Å². The van der Waals surface area contributed by atoms with Gasteiger partial charge in [-0.05, 0) is 36.1 Å². The van der Waals surface area contributed by atoms with Crippen molar-refractivity contribution < 1.29 is 4.79 Å². The number of allylic oxidation sites excluding steroid dienone is 2. The quantitative estimate of drug-likeness (QED) is 0.517. The maximum atomic E-state index is 12.0. The topological polar surface area (TPSA) is 86.7 Å². The van der Waals surface area contributed by atoms with Crippen molar-refractivity contribution in [3.63, 3.8) is 0 Å². The van der Waals surface area contributed by atoms with E-state index in [0.29, 0.717) is 18.8 Å². The first-order chi connectivity index (χ1) is 14.6. The first kappa shape index (κ1) is 18.2. The average molecular weight is 395 g/mol. The molecule has 4 aromatic rings. The number of hydrogen-bond acceptors (Lipinski definition) is 5. The molecule has 6 nitrogen and oxygen atoms in total. The molecule has 6 heteroatoms. The number of carbonyl (C=O) groups excluding carboxylic acids is 1. The van der Waals surface area contributed by atoms with Gasteiger partial charge in [-0.15, -0.1) is 0 Å². The van der Waals surface area contributed by atoms with E-state index in [9.17, 15) is 4.79 Å². The summed E-state index contributed by atoms with van der Waals surface area (Å²) in [4.78, 5) is 25.4. The minimum atomic E-state index is 0.0424. The molecule has 3 aromatic heterocycles. The lowest BCUT2D eigenvalue weighted by atomic mass is 9.88. The second-order valence-electron chi connectivity index (χ2n) is 7.76. The number of aromatic nitrogens is 4. The molecule has 0 saturated heterocycles. The molecule has 1 atom stereocenters. The lowest BCUT2D eigenvalue weighted by Gasteiger charge is -2.27. The van der Waals surface area contributed by atoms with Gasteiger partial charge in [-0.2, -0.15) is 0 Å². The Balaban J connectivity index is 1.75. The predicted molar refractivity (Wildman–Crippen MR) is 120 cm³/mol. The molecule has 1 aromatic carbocycles. The van der Waals surface area contributed by atoms with Crippen molar-refractivity contribution >= 4 is 39.1 Å². The first-order valence-electron chi connectivity index (χ1n) is 9.88. The summed E-state index contributed by atoms with van der Waals surface area (Å²) < 4.78 is 2.13. The van der Waals surface area contributed by atoms with Gasteiger partial charge in [0.25, 0.3) is 0 Å². The van der Waals surface area contributed by atoms with Crippen LogP contribution >= 0.6 is 0 Å². The molecule has 0 saturated carbocycles. The number of hydrogen-bond donors (Lipinski definition) is 1. The van der Waals surface area contributed by atoms with Crippen molar-refractivity contribution in [1.29, 1.82) is 0 Å². The van der Waals surface area contributed by atoms with Crippen LogP contribution in [0.5, 0.6) is 0 Å². The van der Waals surface area contributed by atoms with Gasteiger partial charge in [0.05, 0.1) is 16.6 Å². The van der Waals surface area contributed by atoms with E-state index >= 15 is 0 Å². The van der Waals surface area contributed by atoms with E-state index in [1.54, 1.807) is 0 Å². The van der Waals surface area contributed by atoms with Crippen LogP contribution in [0.4, 0.5) is 5.82 Å². The highest BCUT2D eigenvalue weighted by molar-refractivity contribution is 6.07. The maximum absolute atomic E-state index is 12.0. The van der Waals surface area contributed by atoms with Crippen molar-refractivity contribution in [1.82, 2.24) is 19.5 Å². The predicted octanol–water partition coefficient (Wildman–Crippen LogP) is 4.41. The second kappa shape index (κ2) is 6.91. The fourth-order valence-corrected chi connectivity index (χ4v) is 4.50. The molecule has 0 unspecified atom stereocenters. The van der Waals surface area contributed by atoms with Gasteiger partial charge in [-0.25, -0.2) is 9.97 Å². The number of benzene rings is 1. The van der Waals surface area contributed by atoms with Gasteiger partial charge in [-0.1, -0.05) is 31.4 Å². The number of nitrogen functional groups attached to an aromatic ring is 1. The van der Waals surface area contributed by atoms with E-state index < -0.39 is 0 Å². The largest absolute Gasteiger partial charge is 0.383 e. The highest BCUT2D eigenvalue weighted by Gasteiger charge is 2.30. The number of para-hydroxylation sites is 1. The number of nitrogens with two attached hydrogens (primary N) is 1. The van der Waals surface area contributed by atoms with Crippen molar-refractivity contribution in [2.45, 2.75) is 19.4 Å². The van der Waals surface area contributed by atoms with Crippen LogP contribution in [0.3, 0.4) is 0 Å². The molecule has 0 aliphatic carbocycles. The van der Waals surface area contributed by atoms with Gasteiger partial charge in [0.15, 0.2) is 5.78 Å². The summed E-state index contributed by atoms with van der Waals surface area (Å²) in [6.07, 6.45) is 5.91. The molecular formula is C24H21N5O. The summed E-state index contributed by atoms with van der Waals surface area (Å²) in [6.45, 7) is 8.61. The Morgan fingerprint density at radius 1 is 1.27 bits per heavy atom. The van der Waals surface area contributed by atoms with Crippen LogP contribution in [0.2, 0.25) is 0 Å². The molecule has 2 N–H and O–H groups in total. The maximum Gasteiger partial charge on any atom is 0.155 e. The number of nitrogens with zero attached hydrogens (tertiary/aromatic N) is 4. The molecule has 0 radical (unpaired) electrons. The summed E-state index contributed by atoms with van der Waals surface area (Å²) in [5.74, 6) is 0.613. The third kappa shape index (κ3) is 2.80. The highest BCUT2D eigenvalue weighted by Crippen LogP contribution is 2.44. The minimum absolute atomic E-state index is 0.0424. The Kier molecular flexibility index (Phi) is 4.20. The Bertz CT molecular complexity index is 1350. The van der Waals surface area contributed by atoms with Crippen molar-refractivity contribution in [3.05, 3.63) is 67.8 Å². The fraction of sp³-hybridized carbons (Fsp3) is 0.167. The summed E-state index contributed by atoms with van der Waals surface area (Å²) >= 11 is 0.